The van der Waals surface area contributed by atoms with Crippen LogP contribution in [0.2, 0.25) is 0 Å². The van der Waals surface area contributed by atoms with Gasteiger partial charge in [0.2, 0.25) is 0 Å². The van der Waals surface area contributed by atoms with Gasteiger partial charge in [0.25, 0.3) is 0 Å². The summed E-state index contributed by atoms with van der Waals surface area (Å²) in [7, 11) is 0. The van der Waals surface area contributed by atoms with E-state index in [9.17, 15) is 9.59 Å². The lowest BCUT2D eigenvalue weighted by Gasteiger charge is -2.28. The number of carbonyl (C=O) groups excluding carboxylic acids is 2. The van der Waals surface area contributed by atoms with Crippen LogP contribution in [-0.2, 0) is 14.3 Å². The van der Waals surface area contributed by atoms with Gasteiger partial charge < -0.3 is 14.2 Å². The number of hydrogen-bond donors (Lipinski definition) is 0. The molecule has 0 aromatic heterocycles. The van der Waals surface area contributed by atoms with E-state index in [0.29, 0.717) is 36.5 Å². The van der Waals surface area contributed by atoms with Crippen molar-refractivity contribution < 1.29 is 23.8 Å². The molecule has 0 spiro atoms. The Hall–Kier alpha value is -2.56. The zero-order valence-electron chi connectivity index (χ0n) is 18.8. The second-order valence-corrected chi connectivity index (χ2v) is 8.35. The van der Waals surface area contributed by atoms with Crippen molar-refractivity contribution in [3.05, 3.63) is 54.6 Å². The quantitative estimate of drug-likeness (QED) is 0.170. The Bertz CT molecular complexity index is 714. The molecule has 0 N–H and O–H groups in total. The summed E-state index contributed by atoms with van der Waals surface area (Å²) in [6.07, 6.45) is 10.7. The van der Waals surface area contributed by atoms with E-state index >= 15 is 0 Å². The molecule has 0 saturated heterocycles. The van der Waals surface area contributed by atoms with Crippen LogP contribution in [0.25, 0.3) is 0 Å². The maximum Gasteiger partial charge on any atom is 0.338 e. The lowest BCUT2D eigenvalue weighted by molar-refractivity contribution is -0.139. The summed E-state index contributed by atoms with van der Waals surface area (Å²) in [5.74, 6) is 1.48. The first-order valence-corrected chi connectivity index (χ1v) is 11.3. The minimum absolute atomic E-state index is 0.289. The Morgan fingerprint density at radius 1 is 1.00 bits per heavy atom. The third kappa shape index (κ3) is 9.41. The number of hydrogen-bond acceptors (Lipinski definition) is 5. The van der Waals surface area contributed by atoms with Crippen LogP contribution in [0.15, 0.2) is 49.1 Å². The molecular formula is C26H36O5. The average Bonchev–Trinajstić information content (AvgIpc) is 2.79. The molecule has 2 rings (SSSR count). The minimum atomic E-state index is -0.393. The highest BCUT2D eigenvalue weighted by atomic mass is 16.5. The van der Waals surface area contributed by atoms with Crippen LogP contribution in [0.3, 0.4) is 0 Å². The van der Waals surface area contributed by atoms with Crippen molar-refractivity contribution >= 4 is 11.9 Å². The first kappa shape index (κ1) is 24.7. The van der Waals surface area contributed by atoms with Gasteiger partial charge in [0.05, 0.1) is 25.4 Å². The van der Waals surface area contributed by atoms with Gasteiger partial charge in [-0.3, -0.25) is 0 Å². The lowest BCUT2D eigenvalue weighted by Crippen LogP contribution is -2.20. The average molecular weight is 429 g/mol. The van der Waals surface area contributed by atoms with Gasteiger partial charge in [-0.05, 0) is 81.5 Å². The fourth-order valence-electron chi connectivity index (χ4n) is 3.68. The second kappa shape index (κ2) is 13.7. The van der Waals surface area contributed by atoms with Crippen LogP contribution in [0.4, 0.5) is 0 Å². The van der Waals surface area contributed by atoms with Gasteiger partial charge in [0.1, 0.15) is 5.75 Å². The maximum atomic E-state index is 12.1. The molecule has 5 nitrogen and oxygen atoms in total. The van der Waals surface area contributed by atoms with Gasteiger partial charge in [-0.2, -0.15) is 0 Å². The summed E-state index contributed by atoms with van der Waals surface area (Å²) in [5, 5.41) is 0. The first-order valence-electron chi connectivity index (χ1n) is 11.3. The standard InChI is InChI=1S/C26H36O5/c1-4-5-8-21-9-11-22(12-10-21)19-31-24-15-13-23(14-16-24)26(28)30-18-7-6-17-29-25(27)20(2)3/h4,13-16,21-22H,1-2,5-12,17-19H2,3H3/t21-,22-. The fourth-order valence-corrected chi connectivity index (χ4v) is 3.68. The highest BCUT2D eigenvalue weighted by Crippen LogP contribution is 2.32. The molecule has 0 bridgehead atoms. The Balaban J connectivity index is 1.60. The molecule has 1 aliphatic carbocycles. The molecule has 0 unspecified atom stereocenters. The summed E-state index contributed by atoms with van der Waals surface area (Å²) in [5.41, 5.74) is 0.884. The SMILES string of the molecule is C=CCC[C@H]1CC[C@H](COc2ccc(C(=O)OCCCCOC(=O)C(=C)C)cc2)CC1. The van der Waals surface area contributed by atoms with Crippen LogP contribution in [-0.4, -0.2) is 31.8 Å². The van der Waals surface area contributed by atoms with Gasteiger partial charge in [0.15, 0.2) is 0 Å². The first-order chi connectivity index (χ1) is 15.0. The molecule has 170 valence electrons. The van der Waals surface area contributed by atoms with Crippen molar-refractivity contribution in [1.82, 2.24) is 0 Å². The number of esters is 2. The predicted molar refractivity (Wildman–Crippen MR) is 122 cm³/mol. The number of benzene rings is 1. The zero-order chi connectivity index (χ0) is 22.5. The van der Waals surface area contributed by atoms with Gasteiger partial charge in [-0.15, -0.1) is 6.58 Å². The summed E-state index contributed by atoms with van der Waals surface area (Å²) < 4.78 is 16.2. The summed E-state index contributed by atoms with van der Waals surface area (Å²) in [6.45, 7) is 10.3. The van der Waals surface area contributed by atoms with Crippen molar-refractivity contribution in [3.63, 3.8) is 0 Å². The van der Waals surface area contributed by atoms with Crippen LogP contribution in [0, 0.1) is 11.8 Å². The number of rotatable bonds is 13. The van der Waals surface area contributed by atoms with Crippen molar-refractivity contribution in [2.75, 3.05) is 19.8 Å². The van der Waals surface area contributed by atoms with E-state index < -0.39 is 5.97 Å². The Morgan fingerprint density at radius 3 is 2.23 bits per heavy atom. The zero-order valence-corrected chi connectivity index (χ0v) is 18.8. The normalized spacial score (nSPS) is 18.1. The van der Waals surface area contributed by atoms with Crippen molar-refractivity contribution in [1.29, 1.82) is 0 Å². The molecule has 0 aliphatic heterocycles. The summed E-state index contributed by atoms with van der Waals surface area (Å²) >= 11 is 0. The molecule has 0 heterocycles. The van der Waals surface area contributed by atoms with Crippen molar-refractivity contribution in [2.24, 2.45) is 11.8 Å². The van der Waals surface area contributed by atoms with Gasteiger partial charge in [-0.25, -0.2) is 9.59 Å². The number of unbranched alkanes of at least 4 members (excludes halogenated alkanes) is 1. The molecule has 0 amide bonds. The summed E-state index contributed by atoms with van der Waals surface area (Å²) in [4.78, 5) is 23.4. The molecule has 1 fully saturated rings. The lowest BCUT2D eigenvalue weighted by atomic mass is 9.80. The molecular weight excluding hydrogens is 392 g/mol. The smallest absolute Gasteiger partial charge is 0.338 e. The molecule has 5 heteroatoms. The topological polar surface area (TPSA) is 61.8 Å². The van der Waals surface area contributed by atoms with Crippen LogP contribution in [0.5, 0.6) is 5.75 Å². The number of allylic oxidation sites excluding steroid dienone is 1. The highest BCUT2D eigenvalue weighted by Gasteiger charge is 2.21. The number of carbonyl (C=O) groups is 2. The van der Waals surface area contributed by atoms with Gasteiger partial charge >= 0.3 is 11.9 Å². The Labute approximate surface area is 186 Å². The second-order valence-electron chi connectivity index (χ2n) is 8.35. The Kier molecular flexibility index (Phi) is 10.9. The predicted octanol–water partition coefficient (Wildman–Crippen LogP) is 5.89. The van der Waals surface area contributed by atoms with E-state index in [4.69, 9.17) is 14.2 Å². The highest BCUT2D eigenvalue weighted by molar-refractivity contribution is 5.89. The summed E-state index contributed by atoms with van der Waals surface area (Å²) in [6, 6.07) is 7.11. The molecule has 1 aliphatic rings. The van der Waals surface area contributed by atoms with E-state index in [1.54, 1.807) is 19.1 Å². The molecule has 1 aromatic rings. The molecule has 31 heavy (non-hydrogen) atoms. The van der Waals surface area contributed by atoms with E-state index in [1.807, 2.05) is 18.2 Å². The monoisotopic (exact) mass is 428 g/mol. The molecule has 0 atom stereocenters. The molecule has 0 radical (unpaired) electrons. The van der Waals surface area contributed by atoms with E-state index in [-0.39, 0.29) is 12.6 Å². The molecule has 1 aromatic carbocycles. The minimum Gasteiger partial charge on any atom is -0.493 e. The third-order valence-corrected chi connectivity index (χ3v) is 5.67. The Morgan fingerprint density at radius 2 is 1.61 bits per heavy atom. The van der Waals surface area contributed by atoms with Crippen LogP contribution < -0.4 is 4.74 Å². The third-order valence-electron chi connectivity index (χ3n) is 5.67. The van der Waals surface area contributed by atoms with E-state index in [1.165, 1.54) is 32.1 Å². The fraction of sp³-hybridized carbons (Fsp3) is 0.538. The maximum absolute atomic E-state index is 12.1. The van der Waals surface area contributed by atoms with Crippen LogP contribution in [0.1, 0.15) is 68.6 Å². The van der Waals surface area contributed by atoms with E-state index in [2.05, 4.69) is 13.2 Å². The largest absolute Gasteiger partial charge is 0.493 e. The van der Waals surface area contributed by atoms with Crippen molar-refractivity contribution in [3.8, 4) is 5.75 Å². The molecule has 1 saturated carbocycles. The van der Waals surface area contributed by atoms with Crippen LogP contribution >= 0.6 is 0 Å². The van der Waals surface area contributed by atoms with E-state index in [0.717, 1.165) is 24.7 Å². The van der Waals surface area contributed by atoms with Gasteiger partial charge in [-0.1, -0.05) is 25.5 Å². The number of ether oxygens (including phenoxy) is 3. The van der Waals surface area contributed by atoms with Gasteiger partial charge in [0, 0.05) is 5.57 Å². The van der Waals surface area contributed by atoms with Crippen molar-refractivity contribution in [2.45, 2.75) is 58.3 Å².